The first-order valence-electron chi connectivity index (χ1n) is 10.7. The van der Waals surface area contributed by atoms with E-state index in [4.69, 9.17) is 10.1 Å². The third-order valence-electron chi connectivity index (χ3n) is 6.48. The van der Waals surface area contributed by atoms with Crippen LogP contribution in [0.25, 0.3) is 22.0 Å². The molecule has 3 atom stereocenters. The molecule has 1 heterocycles. The molecule has 0 bridgehead atoms. The molecule has 2 aromatic carbocycles. The lowest BCUT2D eigenvalue weighted by atomic mass is 9.73. The molecule has 1 fully saturated rings. The number of rotatable bonds is 6. The Kier molecular flexibility index (Phi) is 4.99. The molecule has 6 heteroatoms. The molecule has 0 amide bonds. The fraction of sp³-hybridized carbons (Fsp3) is 0.360. The lowest BCUT2D eigenvalue weighted by molar-refractivity contribution is -0.139. The summed E-state index contributed by atoms with van der Waals surface area (Å²) >= 11 is 0. The molecule has 0 saturated heterocycles. The summed E-state index contributed by atoms with van der Waals surface area (Å²) in [5, 5.41) is 31.0. The fourth-order valence-corrected chi connectivity index (χ4v) is 4.95. The van der Waals surface area contributed by atoms with Gasteiger partial charge >= 0.3 is 5.97 Å². The summed E-state index contributed by atoms with van der Waals surface area (Å²) in [6, 6.07) is 12.6. The third kappa shape index (κ3) is 3.70. The number of hydrogen-bond donors (Lipinski definition) is 3. The Balaban J connectivity index is 1.65. The number of aliphatic hydroxyl groups is 2. The van der Waals surface area contributed by atoms with E-state index < -0.39 is 30.5 Å². The topological polar surface area (TPSA) is 90.7 Å². The van der Waals surface area contributed by atoms with Crippen molar-refractivity contribution in [3.8, 4) is 11.1 Å². The number of benzene rings is 2. The molecule has 0 aliphatic heterocycles. The van der Waals surface area contributed by atoms with Crippen molar-refractivity contribution in [3.63, 3.8) is 0 Å². The molecule has 0 radical (unpaired) electrons. The number of pyridine rings is 1. The quantitative estimate of drug-likeness (QED) is 0.556. The number of nitrogens with zero attached hydrogens (tertiary/aromatic N) is 1. The van der Waals surface area contributed by atoms with Crippen LogP contribution in [0.1, 0.15) is 54.3 Å². The van der Waals surface area contributed by atoms with Crippen molar-refractivity contribution < 1.29 is 24.5 Å². The average Bonchev–Trinajstić information content (AvgIpc) is 3.56. The van der Waals surface area contributed by atoms with Crippen LogP contribution in [0.2, 0.25) is 0 Å². The maximum Gasteiger partial charge on any atom is 0.305 e. The Hall–Kier alpha value is -2.83. The van der Waals surface area contributed by atoms with Gasteiger partial charge in [0.25, 0.3) is 0 Å². The van der Waals surface area contributed by atoms with E-state index in [1.807, 2.05) is 24.3 Å². The average molecular weight is 421 g/mol. The molecule has 3 N–H and O–H groups in total. The van der Waals surface area contributed by atoms with Crippen molar-refractivity contribution in [2.45, 2.75) is 56.1 Å². The van der Waals surface area contributed by atoms with Gasteiger partial charge in [0, 0.05) is 29.3 Å². The van der Waals surface area contributed by atoms with Crippen molar-refractivity contribution in [2.75, 3.05) is 0 Å². The summed E-state index contributed by atoms with van der Waals surface area (Å²) < 4.78 is 14.3. The molecule has 160 valence electrons. The normalized spacial score (nSPS) is 19.5. The molecule has 2 aliphatic rings. The zero-order chi connectivity index (χ0) is 21.7. The molecule has 2 unspecified atom stereocenters. The molecular weight excluding hydrogens is 397 g/mol. The van der Waals surface area contributed by atoms with Crippen molar-refractivity contribution in [1.29, 1.82) is 0 Å². The van der Waals surface area contributed by atoms with E-state index in [-0.39, 0.29) is 12.2 Å². The first-order valence-corrected chi connectivity index (χ1v) is 10.7. The van der Waals surface area contributed by atoms with Gasteiger partial charge in [0.15, 0.2) is 0 Å². The smallest absolute Gasteiger partial charge is 0.305 e. The first kappa shape index (κ1) is 20.1. The summed E-state index contributed by atoms with van der Waals surface area (Å²) in [6.07, 6.45) is -0.0314. The highest BCUT2D eigenvalue weighted by atomic mass is 19.1. The van der Waals surface area contributed by atoms with E-state index in [9.17, 15) is 19.4 Å². The maximum absolute atomic E-state index is 14.3. The second-order valence-corrected chi connectivity index (χ2v) is 8.74. The zero-order valence-corrected chi connectivity index (χ0v) is 17.0. The standard InChI is InChI=1S/C25H24FNO4/c26-14-7-8-16-18(9-14)19(22(29)10-15(28)11-23(30)31)12-20-24(16)17-3-1-2-4-21(17)27-25(20)13-5-6-13/h1-4,7-9,13,15,19,22,28-29H,5-6,10-12H2,(H,30,31)/t15-,19?,22?/m1/s1. The summed E-state index contributed by atoms with van der Waals surface area (Å²) in [5.41, 5.74) is 5.66. The Morgan fingerprint density at radius 3 is 2.68 bits per heavy atom. The highest BCUT2D eigenvalue weighted by Gasteiger charge is 2.37. The van der Waals surface area contributed by atoms with Gasteiger partial charge in [-0.25, -0.2) is 4.39 Å². The van der Waals surface area contributed by atoms with Crippen LogP contribution in [0.3, 0.4) is 0 Å². The van der Waals surface area contributed by atoms with Crippen LogP contribution in [0.5, 0.6) is 0 Å². The predicted molar refractivity (Wildman–Crippen MR) is 114 cm³/mol. The monoisotopic (exact) mass is 421 g/mol. The second kappa shape index (κ2) is 7.70. The largest absolute Gasteiger partial charge is 0.481 e. The zero-order valence-electron chi connectivity index (χ0n) is 17.0. The van der Waals surface area contributed by atoms with Crippen molar-refractivity contribution in [2.24, 2.45) is 0 Å². The highest BCUT2D eigenvalue weighted by molar-refractivity contribution is 5.98. The number of halogens is 1. The van der Waals surface area contributed by atoms with Crippen LogP contribution < -0.4 is 0 Å². The Morgan fingerprint density at radius 1 is 1.16 bits per heavy atom. The number of para-hydroxylation sites is 1. The number of aliphatic carboxylic acids is 1. The van der Waals surface area contributed by atoms with Gasteiger partial charge in [0.1, 0.15) is 5.82 Å². The first-order chi connectivity index (χ1) is 14.9. The van der Waals surface area contributed by atoms with Gasteiger partial charge < -0.3 is 15.3 Å². The van der Waals surface area contributed by atoms with E-state index in [1.54, 1.807) is 6.07 Å². The number of fused-ring (bicyclic) bond motifs is 5. The van der Waals surface area contributed by atoms with Gasteiger partial charge in [-0.05, 0) is 59.7 Å². The van der Waals surface area contributed by atoms with E-state index in [1.165, 1.54) is 12.1 Å². The molecule has 0 spiro atoms. The molecule has 5 rings (SSSR count). The van der Waals surface area contributed by atoms with Crippen LogP contribution in [-0.4, -0.2) is 38.5 Å². The number of carboxylic acid groups (broad SMARTS) is 1. The summed E-state index contributed by atoms with van der Waals surface area (Å²) in [5.74, 6) is -1.55. The molecule has 5 nitrogen and oxygen atoms in total. The number of hydrogen-bond acceptors (Lipinski definition) is 4. The lowest BCUT2D eigenvalue weighted by Crippen LogP contribution is -2.30. The number of aromatic nitrogens is 1. The Morgan fingerprint density at radius 2 is 1.94 bits per heavy atom. The number of carboxylic acids is 1. The van der Waals surface area contributed by atoms with Crippen LogP contribution in [0, 0.1) is 5.82 Å². The van der Waals surface area contributed by atoms with Gasteiger partial charge in [-0.1, -0.05) is 24.3 Å². The molecule has 1 aromatic heterocycles. The van der Waals surface area contributed by atoms with Gasteiger partial charge in [0.2, 0.25) is 0 Å². The van der Waals surface area contributed by atoms with Gasteiger partial charge in [-0.3, -0.25) is 9.78 Å². The van der Waals surface area contributed by atoms with Gasteiger partial charge in [0.05, 0.1) is 24.1 Å². The van der Waals surface area contributed by atoms with Crippen LogP contribution in [0.4, 0.5) is 4.39 Å². The molecule has 2 aliphatic carbocycles. The molecule has 3 aromatic rings. The molecule has 1 saturated carbocycles. The van der Waals surface area contributed by atoms with E-state index >= 15 is 0 Å². The van der Waals surface area contributed by atoms with Crippen LogP contribution in [-0.2, 0) is 11.2 Å². The van der Waals surface area contributed by atoms with Gasteiger partial charge in [-0.15, -0.1) is 0 Å². The third-order valence-corrected chi connectivity index (χ3v) is 6.48. The van der Waals surface area contributed by atoms with E-state index in [0.29, 0.717) is 17.9 Å². The SMILES string of the molecule is O=C(O)C[C@H](O)CC(O)C1Cc2c(C3CC3)nc3ccccc3c2-c2ccc(F)cc21. The maximum atomic E-state index is 14.3. The fourth-order valence-electron chi connectivity index (χ4n) is 4.95. The van der Waals surface area contributed by atoms with Crippen molar-refractivity contribution in [1.82, 2.24) is 4.98 Å². The minimum Gasteiger partial charge on any atom is -0.481 e. The van der Waals surface area contributed by atoms with Crippen LogP contribution >= 0.6 is 0 Å². The lowest BCUT2D eigenvalue weighted by Gasteiger charge is -2.33. The molecular formula is C25H24FNO4. The van der Waals surface area contributed by atoms with Crippen molar-refractivity contribution in [3.05, 3.63) is 65.1 Å². The van der Waals surface area contributed by atoms with Crippen molar-refractivity contribution >= 4 is 16.9 Å². The summed E-state index contributed by atoms with van der Waals surface area (Å²) in [7, 11) is 0. The van der Waals surface area contributed by atoms with Crippen LogP contribution in [0.15, 0.2) is 42.5 Å². The summed E-state index contributed by atoms with van der Waals surface area (Å²) in [6.45, 7) is 0. The number of carbonyl (C=O) groups is 1. The van der Waals surface area contributed by atoms with E-state index in [2.05, 4.69) is 0 Å². The number of aliphatic hydroxyl groups excluding tert-OH is 2. The highest BCUT2D eigenvalue weighted by Crippen LogP contribution is 2.50. The molecule has 31 heavy (non-hydrogen) atoms. The van der Waals surface area contributed by atoms with E-state index in [0.717, 1.165) is 46.1 Å². The Bertz CT molecular complexity index is 1170. The van der Waals surface area contributed by atoms with Gasteiger partial charge in [-0.2, -0.15) is 0 Å². The minimum absolute atomic E-state index is 0.0813. The second-order valence-electron chi connectivity index (χ2n) is 8.74. The minimum atomic E-state index is -1.16. The summed E-state index contributed by atoms with van der Waals surface area (Å²) in [4.78, 5) is 15.9. The predicted octanol–water partition coefficient (Wildman–Crippen LogP) is 4.14. The Labute approximate surface area is 179 Å².